The molecule has 25 heavy (non-hydrogen) atoms. The monoisotopic (exact) mass is 405 g/mol. The first-order valence-corrected chi connectivity index (χ1v) is 9.51. The predicted molar refractivity (Wildman–Crippen MR) is 105 cm³/mol. The molecule has 3 aromatic rings. The van der Waals surface area contributed by atoms with E-state index in [9.17, 15) is 0 Å². The van der Waals surface area contributed by atoms with E-state index in [-0.39, 0.29) is 26.2 Å². The van der Waals surface area contributed by atoms with Crippen molar-refractivity contribution in [2.24, 2.45) is 5.41 Å². The Bertz CT molecular complexity index is 829. The molecule has 4 rings (SSSR count). The van der Waals surface area contributed by atoms with Crippen molar-refractivity contribution >= 4 is 10.8 Å². The van der Waals surface area contributed by atoms with Crippen LogP contribution in [0.3, 0.4) is 0 Å². The van der Waals surface area contributed by atoms with Crippen molar-refractivity contribution in [3.8, 4) is 11.1 Å². The van der Waals surface area contributed by atoms with Gasteiger partial charge in [-0.15, -0.1) is 34.5 Å². The smallest absolute Gasteiger partial charge is 0 e. The summed E-state index contributed by atoms with van der Waals surface area (Å²) in [7, 11) is 0. The largest absolute Gasteiger partial charge is 0.164 e. The number of aryl methyl sites for hydroxylation is 1. The summed E-state index contributed by atoms with van der Waals surface area (Å²) in [6.45, 7) is 4.58. The summed E-state index contributed by atoms with van der Waals surface area (Å²) < 4.78 is 0. The van der Waals surface area contributed by atoms with E-state index >= 15 is 0 Å². The Kier molecular flexibility index (Phi) is 5.74. The van der Waals surface area contributed by atoms with Crippen molar-refractivity contribution in [2.75, 3.05) is 0 Å². The van der Waals surface area contributed by atoms with Crippen LogP contribution in [0.4, 0.5) is 0 Å². The minimum atomic E-state index is 0. The predicted octanol–water partition coefficient (Wildman–Crippen LogP) is 6.91. The van der Waals surface area contributed by atoms with E-state index in [0.29, 0.717) is 5.41 Å². The van der Waals surface area contributed by atoms with Crippen LogP contribution in [-0.2, 0) is 39.0 Å². The van der Waals surface area contributed by atoms with E-state index in [1.54, 1.807) is 0 Å². The first-order chi connectivity index (χ1) is 11.7. The van der Waals surface area contributed by atoms with Crippen LogP contribution in [0.1, 0.15) is 50.7 Å². The van der Waals surface area contributed by atoms with Gasteiger partial charge in [0.25, 0.3) is 0 Å². The van der Waals surface area contributed by atoms with Crippen molar-refractivity contribution in [2.45, 2.75) is 52.4 Å². The third-order valence-corrected chi connectivity index (χ3v) is 6.23. The van der Waals surface area contributed by atoms with Crippen molar-refractivity contribution in [3.05, 3.63) is 65.7 Å². The van der Waals surface area contributed by atoms with Gasteiger partial charge in [0.1, 0.15) is 0 Å². The van der Waals surface area contributed by atoms with Gasteiger partial charge in [0.15, 0.2) is 0 Å². The Morgan fingerprint density at radius 3 is 2.36 bits per heavy atom. The molecule has 0 unspecified atom stereocenters. The molecule has 0 radical (unpaired) electrons. The van der Waals surface area contributed by atoms with Crippen LogP contribution in [0.2, 0.25) is 0 Å². The number of fused-ring (bicyclic) bond motifs is 1. The molecule has 0 N–H and O–H groups in total. The van der Waals surface area contributed by atoms with E-state index in [1.165, 1.54) is 65.1 Å². The minimum absolute atomic E-state index is 0. The fourth-order valence-electron chi connectivity index (χ4n) is 4.34. The number of hydrogen-bond donors (Lipinski definition) is 0. The van der Waals surface area contributed by atoms with Crippen molar-refractivity contribution in [3.63, 3.8) is 0 Å². The minimum Gasteiger partial charge on any atom is -0.164 e. The summed E-state index contributed by atoms with van der Waals surface area (Å²) in [5.41, 5.74) is 6.24. The normalized spacial score (nSPS) is 15.6. The fourth-order valence-corrected chi connectivity index (χ4v) is 4.34. The molecule has 0 spiro atoms. The second kappa shape index (κ2) is 7.67. The first-order valence-electron chi connectivity index (χ1n) is 9.51. The molecule has 0 aromatic heterocycles. The third kappa shape index (κ3) is 3.59. The summed E-state index contributed by atoms with van der Waals surface area (Å²) in [6, 6.07) is 20.7. The quantitative estimate of drug-likeness (QED) is 0.404. The van der Waals surface area contributed by atoms with Gasteiger partial charge < -0.3 is 0 Å². The van der Waals surface area contributed by atoms with Crippen molar-refractivity contribution < 1.29 is 26.2 Å². The summed E-state index contributed by atoms with van der Waals surface area (Å²) in [4.78, 5) is 0. The molecule has 0 amide bonds. The summed E-state index contributed by atoms with van der Waals surface area (Å²) in [6.07, 6.45) is 7.92. The second-order valence-corrected chi connectivity index (χ2v) is 7.61. The maximum Gasteiger partial charge on any atom is 0 e. The van der Waals surface area contributed by atoms with Crippen LogP contribution in [0, 0.1) is 5.41 Å². The molecule has 1 aliphatic carbocycles. The average Bonchev–Trinajstić information content (AvgIpc) is 3.00. The van der Waals surface area contributed by atoms with Crippen LogP contribution in [0.5, 0.6) is 0 Å². The number of hydrogen-bond acceptors (Lipinski definition) is 0. The maximum atomic E-state index is 2.45. The summed E-state index contributed by atoms with van der Waals surface area (Å²) in [5, 5.41) is 2.81. The molecule has 0 atom stereocenters. The number of benzene rings is 2. The zero-order valence-corrected chi connectivity index (χ0v) is 17.9. The molecule has 1 heteroatoms. The van der Waals surface area contributed by atoms with Crippen LogP contribution < -0.4 is 0 Å². The third-order valence-electron chi connectivity index (χ3n) is 6.23. The van der Waals surface area contributed by atoms with Gasteiger partial charge in [-0.25, -0.2) is 0 Å². The zero-order valence-electron chi connectivity index (χ0n) is 15.4. The van der Waals surface area contributed by atoms with Crippen molar-refractivity contribution in [1.82, 2.24) is 0 Å². The van der Waals surface area contributed by atoms with Crippen LogP contribution in [0.25, 0.3) is 21.9 Å². The Morgan fingerprint density at radius 2 is 1.76 bits per heavy atom. The average molecular weight is 407 g/mol. The summed E-state index contributed by atoms with van der Waals surface area (Å²) >= 11 is 0. The topological polar surface area (TPSA) is 0 Å². The molecule has 0 bridgehead atoms. The number of rotatable bonds is 5. The molecule has 3 aromatic carbocycles. The van der Waals surface area contributed by atoms with Gasteiger partial charge in [-0.05, 0) is 42.2 Å². The van der Waals surface area contributed by atoms with E-state index in [1.807, 2.05) is 0 Å². The molecule has 0 saturated heterocycles. The Labute approximate surface area is 171 Å². The molecule has 0 heterocycles. The molecule has 1 fully saturated rings. The van der Waals surface area contributed by atoms with E-state index in [2.05, 4.69) is 68.4 Å². The van der Waals surface area contributed by atoms with Crippen molar-refractivity contribution in [1.29, 1.82) is 0 Å². The van der Waals surface area contributed by atoms with Crippen LogP contribution in [-0.4, -0.2) is 0 Å². The van der Waals surface area contributed by atoms with Gasteiger partial charge in [0.2, 0.25) is 0 Å². The Hall–Kier alpha value is -1.07. The van der Waals surface area contributed by atoms with Gasteiger partial charge in [-0.3, -0.25) is 0 Å². The molecule has 128 valence electrons. The first kappa shape index (κ1) is 18.7. The standard InChI is InChI=1S/C24H27.Zr/c1-3-18-9-11-20(12-10-18)22-8-5-7-21-15-19(16-23(21)22)17-24(4-2)13-6-14-24;/h5,7-12,15-16H,3-4,6,13-14,17H2,1-2H3;/q-1;. The van der Waals surface area contributed by atoms with E-state index in [0.717, 1.165) is 6.42 Å². The van der Waals surface area contributed by atoms with Crippen LogP contribution >= 0.6 is 0 Å². The van der Waals surface area contributed by atoms with Crippen LogP contribution in [0.15, 0.2) is 54.6 Å². The van der Waals surface area contributed by atoms with Gasteiger partial charge in [0, 0.05) is 26.2 Å². The molecular formula is C24H27Zr-. The second-order valence-electron chi connectivity index (χ2n) is 7.61. The van der Waals surface area contributed by atoms with Gasteiger partial charge >= 0.3 is 0 Å². The molecule has 0 nitrogen and oxygen atoms in total. The van der Waals surface area contributed by atoms with Gasteiger partial charge in [0.05, 0.1) is 0 Å². The van der Waals surface area contributed by atoms with Gasteiger partial charge in [-0.2, -0.15) is 6.07 Å². The van der Waals surface area contributed by atoms with E-state index in [4.69, 9.17) is 0 Å². The van der Waals surface area contributed by atoms with E-state index < -0.39 is 0 Å². The summed E-state index contributed by atoms with van der Waals surface area (Å²) in [5.74, 6) is 0. The van der Waals surface area contributed by atoms with Gasteiger partial charge in [-0.1, -0.05) is 62.6 Å². The Morgan fingerprint density at radius 1 is 1.00 bits per heavy atom. The fraction of sp³-hybridized carbons (Fsp3) is 0.375. The Balaban J connectivity index is 0.00000182. The maximum absolute atomic E-state index is 2.45. The molecule has 1 saturated carbocycles. The molecule has 0 aliphatic heterocycles. The zero-order chi connectivity index (χ0) is 16.6. The SMILES string of the molecule is CCc1ccc(-c2cccc3[cH-]c(CC4(CC)CCC4)cc23)cc1.[Zr]. The molecular weight excluding hydrogens is 379 g/mol. The molecule has 1 aliphatic rings.